The van der Waals surface area contributed by atoms with Gasteiger partial charge in [-0.3, -0.25) is 14.7 Å². The van der Waals surface area contributed by atoms with Crippen LogP contribution in [-0.4, -0.2) is 50.3 Å². The highest BCUT2D eigenvalue weighted by Gasteiger charge is 2.24. The second-order valence-corrected chi connectivity index (χ2v) is 7.66. The van der Waals surface area contributed by atoms with E-state index in [0.717, 1.165) is 34.1 Å². The molecule has 0 atom stereocenters. The number of hydrogen-bond acceptors (Lipinski definition) is 6. The van der Waals surface area contributed by atoms with E-state index in [9.17, 15) is 4.79 Å². The standard InChI is InChI=1S/C23H22N6O/c24-23-20-6-5-16(9-21(20)26-15-27-23)12-29-8-7-28(14-22(29)30)13-19-10-17-3-1-2-4-18(17)11-25-19/h1-6,9-11,15H,7-8,12-14H2,(H2,24,26,27). The minimum atomic E-state index is 0.129. The van der Waals surface area contributed by atoms with Gasteiger partial charge in [-0.25, -0.2) is 9.97 Å². The van der Waals surface area contributed by atoms with E-state index in [2.05, 4.69) is 38.1 Å². The minimum Gasteiger partial charge on any atom is -0.383 e. The largest absolute Gasteiger partial charge is 0.383 e. The van der Waals surface area contributed by atoms with Gasteiger partial charge in [0.25, 0.3) is 0 Å². The lowest BCUT2D eigenvalue weighted by atomic mass is 10.1. The predicted molar refractivity (Wildman–Crippen MR) is 116 cm³/mol. The number of nitrogens with two attached hydrogens (primary N) is 1. The molecule has 7 heteroatoms. The van der Waals surface area contributed by atoms with E-state index in [1.807, 2.05) is 41.4 Å². The van der Waals surface area contributed by atoms with Gasteiger partial charge in [-0.2, -0.15) is 0 Å². The van der Waals surface area contributed by atoms with E-state index in [4.69, 9.17) is 5.73 Å². The summed E-state index contributed by atoms with van der Waals surface area (Å²) < 4.78 is 0. The number of hydrogen-bond donors (Lipinski definition) is 1. The SMILES string of the molecule is Nc1ncnc2cc(CN3CCN(Cc4cc5ccccc5cn4)CC3=O)ccc12. The van der Waals surface area contributed by atoms with Gasteiger partial charge in [0.05, 0.1) is 17.8 Å². The van der Waals surface area contributed by atoms with Gasteiger partial charge in [0, 0.05) is 43.1 Å². The van der Waals surface area contributed by atoms with Gasteiger partial charge >= 0.3 is 0 Å². The van der Waals surface area contributed by atoms with E-state index in [0.29, 0.717) is 32.0 Å². The Labute approximate surface area is 174 Å². The van der Waals surface area contributed by atoms with Crippen molar-refractivity contribution < 1.29 is 4.79 Å². The van der Waals surface area contributed by atoms with Crippen LogP contribution in [0.3, 0.4) is 0 Å². The van der Waals surface area contributed by atoms with Crippen molar-refractivity contribution in [3.63, 3.8) is 0 Å². The Morgan fingerprint density at radius 1 is 0.933 bits per heavy atom. The molecule has 5 rings (SSSR count). The molecule has 0 aliphatic carbocycles. The second kappa shape index (κ2) is 7.68. The molecule has 2 aromatic heterocycles. The molecular weight excluding hydrogens is 376 g/mol. The molecule has 1 saturated heterocycles. The van der Waals surface area contributed by atoms with Crippen molar-refractivity contribution in [2.75, 3.05) is 25.4 Å². The second-order valence-electron chi connectivity index (χ2n) is 7.66. The van der Waals surface area contributed by atoms with Gasteiger partial charge in [-0.05, 0) is 29.1 Å². The molecule has 3 heterocycles. The number of piperazine rings is 1. The average Bonchev–Trinajstić information content (AvgIpc) is 2.76. The summed E-state index contributed by atoms with van der Waals surface area (Å²) in [6.07, 6.45) is 3.37. The van der Waals surface area contributed by atoms with Crippen molar-refractivity contribution in [2.24, 2.45) is 0 Å². The van der Waals surface area contributed by atoms with Crippen LogP contribution in [0.2, 0.25) is 0 Å². The summed E-state index contributed by atoms with van der Waals surface area (Å²) in [4.78, 5) is 29.7. The molecule has 0 unspecified atom stereocenters. The first-order chi connectivity index (χ1) is 14.7. The molecule has 150 valence electrons. The Balaban J connectivity index is 1.24. The molecule has 1 amide bonds. The summed E-state index contributed by atoms with van der Waals surface area (Å²) in [5.41, 5.74) is 8.72. The first kappa shape index (κ1) is 18.4. The molecule has 1 aliphatic heterocycles. The van der Waals surface area contributed by atoms with Gasteiger partial charge in [0.15, 0.2) is 0 Å². The molecule has 0 saturated carbocycles. The smallest absolute Gasteiger partial charge is 0.237 e. The predicted octanol–water partition coefficient (Wildman–Crippen LogP) is 2.60. The maximum atomic E-state index is 12.7. The number of pyridine rings is 1. The summed E-state index contributed by atoms with van der Waals surface area (Å²) in [6, 6.07) is 16.2. The molecular formula is C23H22N6O. The number of amides is 1. The number of nitrogens with zero attached hydrogens (tertiary/aromatic N) is 5. The van der Waals surface area contributed by atoms with E-state index in [1.54, 1.807) is 0 Å². The van der Waals surface area contributed by atoms with Gasteiger partial charge in [-0.1, -0.05) is 30.3 Å². The van der Waals surface area contributed by atoms with Crippen LogP contribution >= 0.6 is 0 Å². The lowest BCUT2D eigenvalue weighted by molar-refractivity contribution is -0.136. The number of nitrogen functional groups attached to an aromatic ring is 1. The topological polar surface area (TPSA) is 88.2 Å². The van der Waals surface area contributed by atoms with Crippen LogP contribution < -0.4 is 5.73 Å². The van der Waals surface area contributed by atoms with E-state index in [1.165, 1.54) is 11.7 Å². The van der Waals surface area contributed by atoms with Crippen molar-refractivity contribution in [1.82, 2.24) is 24.8 Å². The third-order valence-electron chi connectivity index (χ3n) is 5.58. The van der Waals surface area contributed by atoms with Crippen molar-refractivity contribution >= 4 is 33.4 Å². The normalized spacial score (nSPS) is 15.2. The van der Waals surface area contributed by atoms with Crippen LogP contribution in [0.1, 0.15) is 11.3 Å². The van der Waals surface area contributed by atoms with Crippen LogP contribution in [-0.2, 0) is 17.9 Å². The van der Waals surface area contributed by atoms with E-state index >= 15 is 0 Å². The number of fused-ring (bicyclic) bond motifs is 2. The average molecular weight is 398 g/mol. The zero-order valence-corrected chi connectivity index (χ0v) is 16.5. The molecule has 0 spiro atoms. The molecule has 0 bridgehead atoms. The van der Waals surface area contributed by atoms with Gasteiger partial charge in [0.1, 0.15) is 12.1 Å². The van der Waals surface area contributed by atoms with Crippen LogP contribution in [0, 0.1) is 0 Å². The first-order valence-corrected chi connectivity index (χ1v) is 9.99. The molecule has 30 heavy (non-hydrogen) atoms. The van der Waals surface area contributed by atoms with Crippen molar-refractivity contribution in [1.29, 1.82) is 0 Å². The Morgan fingerprint density at radius 2 is 1.80 bits per heavy atom. The van der Waals surface area contributed by atoms with Crippen LogP contribution in [0.4, 0.5) is 5.82 Å². The minimum absolute atomic E-state index is 0.129. The highest BCUT2D eigenvalue weighted by molar-refractivity contribution is 5.88. The summed E-state index contributed by atoms with van der Waals surface area (Å²) in [6.45, 7) is 3.16. The summed E-state index contributed by atoms with van der Waals surface area (Å²) in [5, 5.41) is 3.14. The molecule has 7 nitrogen and oxygen atoms in total. The van der Waals surface area contributed by atoms with Crippen molar-refractivity contribution in [3.8, 4) is 0 Å². The Kier molecular flexibility index (Phi) is 4.72. The number of carbonyl (C=O) groups excluding carboxylic acids is 1. The fourth-order valence-electron chi connectivity index (χ4n) is 3.95. The van der Waals surface area contributed by atoms with Crippen molar-refractivity contribution in [3.05, 3.63) is 72.3 Å². The molecule has 2 aromatic carbocycles. The van der Waals surface area contributed by atoms with Gasteiger partial charge < -0.3 is 10.6 Å². The Morgan fingerprint density at radius 3 is 2.67 bits per heavy atom. The fourth-order valence-corrected chi connectivity index (χ4v) is 3.95. The third kappa shape index (κ3) is 3.67. The third-order valence-corrected chi connectivity index (χ3v) is 5.58. The number of rotatable bonds is 4. The number of benzene rings is 2. The lowest BCUT2D eigenvalue weighted by Crippen LogP contribution is -2.49. The quantitative estimate of drug-likeness (QED) is 0.569. The molecule has 1 aliphatic rings. The van der Waals surface area contributed by atoms with Crippen LogP contribution in [0.25, 0.3) is 21.7 Å². The maximum Gasteiger partial charge on any atom is 0.237 e. The Bertz CT molecular complexity index is 1240. The monoisotopic (exact) mass is 398 g/mol. The summed E-state index contributed by atoms with van der Waals surface area (Å²) in [5.74, 6) is 0.600. The number of carbonyl (C=O) groups is 1. The zero-order chi connectivity index (χ0) is 20.5. The highest BCUT2D eigenvalue weighted by Crippen LogP contribution is 2.20. The number of aromatic nitrogens is 3. The molecule has 0 radical (unpaired) electrons. The van der Waals surface area contributed by atoms with Gasteiger partial charge in [-0.15, -0.1) is 0 Å². The molecule has 1 fully saturated rings. The molecule has 4 aromatic rings. The summed E-state index contributed by atoms with van der Waals surface area (Å²) in [7, 11) is 0. The first-order valence-electron chi connectivity index (χ1n) is 9.99. The van der Waals surface area contributed by atoms with E-state index < -0.39 is 0 Å². The van der Waals surface area contributed by atoms with Crippen LogP contribution in [0.5, 0.6) is 0 Å². The number of anilines is 1. The highest BCUT2D eigenvalue weighted by atomic mass is 16.2. The summed E-state index contributed by atoms with van der Waals surface area (Å²) >= 11 is 0. The lowest BCUT2D eigenvalue weighted by Gasteiger charge is -2.34. The van der Waals surface area contributed by atoms with Crippen LogP contribution in [0.15, 0.2) is 61.1 Å². The zero-order valence-electron chi connectivity index (χ0n) is 16.5. The van der Waals surface area contributed by atoms with Crippen molar-refractivity contribution in [2.45, 2.75) is 13.1 Å². The Hall–Kier alpha value is -3.58. The fraction of sp³-hybridized carbons (Fsp3) is 0.217. The van der Waals surface area contributed by atoms with E-state index in [-0.39, 0.29) is 5.91 Å². The molecule has 2 N–H and O–H groups in total. The maximum absolute atomic E-state index is 12.7. The van der Waals surface area contributed by atoms with Gasteiger partial charge in [0.2, 0.25) is 5.91 Å².